The van der Waals surface area contributed by atoms with Crippen LogP contribution in [0, 0.1) is 0 Å². The third-order valence-electron chi connectivity index (χ3n) is 4.51. The van der Waals surface area contributed by atoms with E-state index in [9.17, 15) is 14.4 Å². The first-order valence-corrected chi connectivity index (χ1v) is 9.15. The SMILES string of the molecule is COC(=O)c1csc(NC(=O)c2ccc3[nH]c4c(c3c2)C(C)CNC4=O)n1. The lowest BCUT2D eigenvalue weighted by Gasteiger charge is -2.19. The van der Waals surface area contributed by atoms with Crippen LogP contribution in [0.15, 0.2) is 23.6 Å². The standard InChI is InChI=1S/C18H16N4O4S/c1-8-6-19-16(24)14-13(8)10-5-9(3-4-11(10)20-14)15(23)22-18-21-12(7-27-18)17(25)26-2/h3-5,7-8,20H,6H2,1-2H3,(H,19,24)(H,21,22,23). The summed E-state index contributed by atoms with van der Waals surface area (Å²) in [7, 11) is 1.27. The number of hydrogen-bond acceptors (Lipinski definition) is 6. The number of nitrogens with one attached hydrogen (secondary N) is 3. The van der Waals surface area contributed by atoms with Crippen molar-refractivity contribution < 1.29 is 19.1 Å². The molecular weight excluding hydrogens is 368 g/mol. The van der Waals surface area contributed by atoms with Gasteiger partial charge in [0.15, 0.2) is 10.8 Å². The number of aromatic nitrogens is 2. The van der Waals surface area contributed by atoms with E-state index in [2.05, 4.69) is 25.3 Å². The molecule has 1 aliphatic rings. The van der Waals surface area contributed by atoms with Gasteiger partial charge in [-0.05, 0) is 23.8 Å². The maximum absolute atomic E-state index is 12.6. The first kappa shape index (κ1) is 17.2. The van der Waals surface area contributed by atoms with E-state index in [1.807, 2.05) is 6.92 Å². The number of esters is 1. The van der Waals surface area contributed by atoms with Crippen LogP contribution in [0.2, 0.25) is 0 Å². The van der Waals surface area contributed by atoms with Gasteiger partial charge < -0.3 is 15.0 Å². The van der Waals surface area contributed by atoms with Crippen molar-refractivity contribution in [1.82, 2.24) is 15.3 Å². The monoisotopic (exact) mass is 384 g/mol. The fourth-order valence-electron chi connectivity index (χ4n) is 3.18. The van der Waals surface area contributed by atoms with E-state index in [-0.39, 0.29) is 23.4 Å². The Morgan fingerprint density at radius 3 is 2.96 bits per heavy atom. The van der Waals surface area contributed by atoms with Gasteiger partial charge in [-0.2, -0.15) is 0 Å². The second-order valence-electron chi connectivity index (χ2n) is 6.27. The van der Waals surface area contributed by atoms with Crippen LogP contribution in [0.25, 0.3) is 10.9 Å². The van der Waals surface area contributed by atoms with E-state index in [4.69, 9.17) is 0 Å². The van der Waals surface area contributed by atoms with Crippen LogP contribution in [0.4, 0.5) is 5.13 Å². The number of ether oxygens (including phenoxy) is 1. The van der Waals surface area contributed by atoms with Crippen LogP contribution in [-0.2, 0) is 4.74 Å². The molecule has 8 nitrogen and oxygen atoms in total. The number of anilines is 1. The Hall–Kier alpha value is -3.20. The minimum absolute atomic E-state index is 0.136. The lowest BCUT2D eigenvalue weighted by atomic mass is 9.93. The van der Waals surface area contributed by atoms with Crippen LogP contribution in [0.3, 0.4) is 0 Å². The molecule has 27 heavy (non-hydrogen) atoms. The lowest BCUT2D eigenvalue weighted by molar-refractivity contribution is 0.0594. The second kappa shape index (κ2) is 6.51. The van der Waals surface area contributed by atoms with Gasteiger partial charge in [0.2, 0.25) is 0 Å². The average Bonchev–Trinajstić information content (AvgIpc) is 3.28. The first-order chi connectivity index (χ1) is 13.0. The van der Waals surface area contributed by atoms with Crippen LogP contribution >= 0.6 is 11.3 Å². The molecule has 1 aliphatic heterocycles. The van der Waals surface area contributed by atoms with Gasteiger partial charge in [0.25, 0.3) is 11.8 Å². The summed E-state index contributed by atoms with van der Waals surface area (Å²) in [6, 6.07) is 5.23. The Morgan fingerprint density at radius 1 is 1.37 bits per heavy atom. The molecule has 4 rings (SSSR count). The highest BCUT2D eigenvalue weighted by Crippen LogP contribution is 2.32. The van der Waals surface area contributed by atoms with Crippen molar-refractivity contribution in [2.24, 2.45) is 0 Å². The van der Waals surface area contributed by atoms with Crippen molar-refractivity contribution in [2.45, 2.75) is 12.8 Å². The highest BCUT2D eigenvalue weighted by Gasteiger charge is 2.27. The molecule has 3 N–H and O–H groups in total. The number of amides is 2. The number of benzene rings is 1. The molecule has 0 saturated carbocycles. The number of rotatable bonds is 3. The summed E-state index contributed by atoms with van der Waals surface area (Å²) in [6.45, 7) is 2.59. The van der Waals surface area contributed by atoms with E-state index in [1.54, 1.807) is 18.2 Å². The van der Waals surface area contributed by atoms with Crippen LogP contribution < -0.4 is 10.6 Å². The van der Waals surface area contributed by atoms with Gasteiger partial charge in [0.1, 0.15) is 5.69 Å². The molecule has 1 aromatic carbocycles. The molecule has 3 heterocycles. The summed E-state index contributed by atoms with van der Waals surface area (Å²) in [5, 5.41) is 8.21. The smallest absolute Gasteiger partial charge is 0.357 e. The molecule has 0 radical (unpaired) electrons. The number of fused-ring (bicyclic) bond motifs is 3. The molecule has 0 aliphatic carbocycles. The Labute approximate surface area is 157 Å². The summed E-state index contributed by atoms with van der Waals surface area (Å²) >= 11 is 1.14. The maximum atomic E-state index is 12.6. The molecule has 1 unspecified atom stereocenters. The quantitative estimate of drug-likeness (QED) is 0.601. The highest BCUT2D eigenvalue weighted by molar-refractivity contribution is 7.14. The van der Waals surface area contributed by atoms with Crippen molar-refractivity contribution in [3.05, 3.63) is 46.1 Å². The number of hydrogen-bond donors (Lipinski definition) is 3. The molecule has 0 spiro atoms. The maximum Gasteiger partial charge on any atom is 0.357 e. The van der Waals surface area contributed by atoms with E-state index in [0.29, 0.717) is 22.9 Å². The van der Waals surface area contributed by atoms with Gasteiger partial charge in [0, 0.05) is 34.3 Å². The van der Waals surface area contributed by atoms with Gasteiger partial charge in [-0.3, -0.25) is 14.9 Å². The number of carbonyl (C=O) groups excluding carboxylic acids is 3. The highest BCUT2D eigenvalue weighted by atomic mass is 32.1. The number of thiazole rings is 1. The number of aromatic amines is 1. The predicted octanol–water partition coefficient (Wildman–Crippen LogP) is 2.51. The number of methoxy groups -OCH3 is 1. The first-order valence-electron chi connectivity index (χ1n) is 8.27. The van der Waals surface area contributed by atoms with Crippen LogP contribution in [0.1, 0.15) is 49.7 Å². The van der Waals surface area contributed by atoms with Gasteiger partial charge in [0.05, 0.1) is 7.11 Å². The summed E-state index contributed by atoms with van der Waals surface area (Å²) in [6.07, 6.45) is 0. The molecule has 3 aromatic rings. The second-order valence-corrected chi connectivity index (χ2v) is 7.13. The largest absolute Gasteiger partial charge is 0.464 e. The minimum Gasteiger partial charge on any atom is -0.464 e. The predicted molar refractivity (Wildman–Crippen MR) is 100 cm³/mol. The zero-order valence-corrected chi connectivity index (χ0v) is 15.4. The number of carbonyl (C=O) groups is 3. The summed E-state index contributed by atoms with van der Waals surface area (Å²) < 4.78 is 4.61. The van der Waals surface area contributed by atoms with Crippen molar-refractivity contribution >= 4 is 45.2 Å². The third kappa shape index (κ3) is 2.95. The van der Waals surface area contributed by atoms with Crippen molar-refractivity contribution in [3.8, 4) is 0 Å². The Kier molecular flexibility index (Phi) is 4.15. The van der Waals surface area contributed by atoms with E-state index < -0.39 is 5.97 Å². The Bertz CT molecular complexity index is 1080. The molecule has 9 heteroatoms. The van der Waals surface area contributed by atoms with E-state index in [0.717, 1.165) is 27.8 Å². The van der Waals surface area contributed by atoms with E-state index >= 15 is 0 Å². The molecular formula is C18H16N4O4S. The summed E-state index contributed by atoms with van der Waals surface area (Å²) in [5.74, 6) is -0.889. The fourth-order valence-corrected chi connectivity index (χ4v) is 3.85. The van der Waals surface area contributed by atoms with Crippen molar-refractivity contribution in [1.29, 1.82) is 0 Å². The molecule has 0 fully saturated rings. The van der Waals surface area contributed by atoms with Crippen molar-refractivity contribution in [2.75, 3.05) is 19.0 Å². The van der Waals surface area contributed by atoms with Crippen LogP contribution in [-0.4, -0.2) is 41.4 Å². The Morgan fingerprint density at radius 2 is 2.19 bits per heavy atom. The van der Waals surface area contributed by atoms with Crippen molar-refractivity contribution in [3.63, 3.8) is 0 Å². The lowest BCUT2D eigenvalue weighted by Crippen LogP contribution is -2.33. The zero-order valence-electron chi connectivity index (χ0n) is 14.6. The zero-order chi connectivity index (χ0) is 19.1. The molecule has 0 saturated heterocycles. The van der Waals surface area contributed by atoms with Gasteiger partial charge in [-0.1, -0.05) is 6.92 Å². The van der Waals surface area contributed by atoms with E-state index in [1.165, 1.54) is 12.5 Å². The number of H-pyrrole nitrogens is 1. The van der Waals surface area contributed by atoms with Gasteiger partial charge >= 0.3 is 5.97 Å². The normalized spacial score (nSPS) is 15.9. The Balaban J connectivity index is 1.65. The van der Waals surface area contributed by atoms with Gasteiger partial charge in [-0.15, -0.1) is 11.3 Å². The molecule has 0 bridgehead atoms. The number of nitrogens with zero attached hydrogens (tertiary/aromatic N) is 1. The minimum atomic E-state index is -0.556. The fraction of sp³-hybridized carbons (Fsp3) is 0.222. The summed E-state index contributed by atoms with van der Waals surface area (Å²) in [4.78, 5) is 43.3. The van der Waals surface area contributed by atoms with Gasteiger partial charge in [-0.25, -0.2) is 9.78 Å². The summed E-state index contributed by atoms with van der Waals surface area (Å²) in [5.41, 5.74) is 2.86. The topological polar surface area (TPSA) is 113 Å². The van der Waals surface area contributed by atoms with Crippen LogP contribution in [0.5, 0.6) is 0 Å². The molecule has 2 aromatic heterocycles. The third-order valence-corrected chi connectivity index (χ3v) is 5.27. The molecule has 1 atom stereocenters. The molecule has 2 amide bonds. The average molecular weight is 384 g/mol. The molecule has 138 valence electrons.